The van der Waals surface area contributed by atoms with Gasteiger partial charge < -0.3 is 9.84 Å². The van der Waals surface area contributed by atoms with Gasteiger partial charge in [-0.25, -0.2) is 0 Å². The molecule has 0 heterocycles. The Morgan fingerprint density at radius 1 is 1.05 bits per heavy atom. The van der Waals surface area contributed by atoms with Crippen molar-refractivity contribution in [2.24, 2.45) is 0 Å². The van der Waals surface area contributed by atoms with Gasteiger partial charge >= 0.3 is 0 Å². The lowest BCUT2D eigenvalue weighted by atomic mass is 9.94. The third-order valence-electron chi connectivity index (χ3n) is 3.87. The molecule has 1 aromatic carbocycles. The lowest BCUT2D eigenvalue weighted by molar-refractivity contribution is 0.106. The van der Waals surface area contributed by atoms with Crippen molar-refractivity contribution in [1.82, 2.24) is 4.90 Å². The summed E-state index contributed by atoms with van der Waals surface area (Å²) in [5, 5.41) is 9.20. The number of hydrogen-bond acceptors (Lipinski definition) is 3. The van der Waals surface area contributed by atoms with Crippen molar-refractivity contribution in [1.29, 1.82) is 0 Å². The third kappa shape index (κ3) is 4.84. The standard InChI is InChI=1S/C16H25NO2/c18-13-11-17(15-7-3-1-4-8-15)12-14-19-16-9-5-2-6-10-16/h2,5-6,9-10,15,18H,1,3-4,7-8,11-14H2. The number of nitrogens with zero attached hydrogens (tertiary/aromatic N) is 1. The zero-order valence-electron chi connectivity index (χ0n) is 11.6. The van der Waals surface area contributed by atoms with E-state index in [9.17, 15) is 5.11 Å². The first kappa shape index (κ1) is 14.4. The molecule has 0 amide bonds. The highest BCUT2D eigenvalue weighted by molar-refractivity contribution is 5.20. The van der Waals surface area contributed by atoms with Gasteiger partial charge in [0.05, 0.1) is 6.61 Å². The number of hydrogen-bond donors (Lipinski definition) is 1. The fraction of sp³-hybridized carbons (Fsp3) is 0.625. The first-order valence-electron chi connectivity index (χ1n) is 7.43. The van der Waals surface area contributed by atoms with E-state index in [-0.39, 0.29) is 6.61 Å². The summed E-state index contributed by atoms with van der Waals surface area (Å²) in [5.74, 6) is 0.926. The average molecular weight is 263 g/mol. The molecule has 0 bridgehead atoms. The number of aliphatic hydroxyl groups is 1. The minimum absolute atomic E-state index is 0.238. The minimum Gasteiger partial charge on any atom is -0.492 e. The van der Waals surface area contributed by atoms with Gasteiger partial charge in [0.25, 0.3) is 0 Å². The van der Waals surface area contributed by atoms with Gasteiger partial charge in [-0.15, -0.1) is 0 Å². The fourth-order valence-electron chi connectivity index (χ4n) is 2.85. The molecule has 1 aromatic rings. The molecule has 3 nitrogen and oxygen atoms in total. The van der Waals surface area contributed by atoms with E-state index in [0.29, 0.717) is 12.6 Å². The van der Waals surface area contributed by atoms with Crippen molar-refractivity contribution in [3.8, 4) is 5.75 Å². The molecule has 1 aliphatic carbocycles. The van der Waals surface area contributed by atoms with Crippen LogP contribution < -0.4 is 4.74 Å². The van der Waals surface area contributed by atoms with Crippen LogP contribution in [0.25, 0.3) is 0 Å². The molecule has 1 N–H and O–H groups in total. The van der Waals surface area contributed by atoms with E-state index < -0.39 is 0 Å². The maximum absolute atomic E-state index is 9.20. The predicted octanol–water partition coefficient (Wildman–Crippen LogP) is 2.69. The Morgan fingerprint density at radius 3 is 2.47 bits per heavy atom. The average Bonchev–Trinajstić information content (AvgIpc) is 2.48. The van der Waals surface area contributed by atoms with Gasteiger partial charge in [-0.3, -0.25) is 4.90 Å². The molecule has 0 spiro atoms. The maximum atomic E-state index is 9.20. The molecule has 1 saturated carbocycles. The molecule has 1 fully saturated rings. The molecule has 0 aliphatic heterocycles. The smallest absolute Gasteiger partial charge is 0.119 e. The number of para-hydroxylation sites is 1. The SMILES string of the molecule is OCCN(CCOc1ccccc1)C1CCCCC1. The summed E-state index contributed by atoms with van der Waals surface area (Å²) in [5.41, 5.74) is 0. The predicted molar refractivity (Wildman–Crippen MR) is 77.5 cm³/mol. The Labute approximate surface area is 116 Å². The van der Waals surface area contributed by atoms with Crippen LogP contribution in [0.3, 0.4) is 0 Å². The Hall–Kier alpha value is -1.06. The Kier molecular flexibility index (Phi) is 6.18. The summed E-state index contributed by atoms with van der Waals surface area (Å²) in [6.45, 7) is 2.60. The van der Waals surface area contributed by atoms with Crippen LogP contribution >= 0.6 is 0 Å². The van der Waals surface area contributed by atoms with Crippen LogP contribution in [0.15, 0.2) is 30.3 Å². The topological polar surface area (TPSA) is 32.7 Å². The van der Waals surface area contributed by atoms with Crippen LogP contribution in [0.2, 0.25) is 0 Å². The normalized spacial score (nSPS) is 16.7. The second kappa shape index (κ2) is 8.18. The molecule has 106 valence electrons. The van der Waals surface area contributed by atoms with Gasteiger partial charge in [-0.05, 0) is 25.0 Å². The molecule has 0 unspecified atom stereocenters. The zero-order chi connectivity index (χ0) is 13.3. The van der Waals surface area contributed by atoms with Crippen LogP contribution in [0, 0.1) is 0 Å². The van der Waals surface area contributed by atoms with E-state index in [2.05, 4.69) is 4.90 Å². The summed E-state index contributed by atoms with van der Waals surface area (Å²) in [7, 11) is 0. The summed E-state index contributed by atoms with van der Waals surface area (Å²) in [6, 6.07) is 10.6. The molecule has 0 radical (unpaired) electrons. The molecule has 1 aliphatic rings. The summed E-state index contributed by atoms with van der Waals surface area (Å²) < 4.78 is 5.75. The molecule has 2 rings (SSSR count). The van der Waals surface area contributed by atoms with Crippen molar-refractivity contribution < 1.29 is 9.84 Å². The van der Waals surface area contributed by atoms with E-state index in [4.69, 9.17) is 4.74 Å². The van der Waals surface area contributed by atoms with Gasteiger partial charge in [0.15, 0.2) is 0 Å². The van der Waals surface area contributed by atoms with Crippen molar-refractivity contribution in [2.45, 2.75) is 38.1 Å². The second-order valence-corrected chi connectivity index (χ2v) is 5.21. The summed E-state index contributed by atoms with van der Waals surface area (Å²) in [4.78, 5) is 2.39. The van der Waals surface area contributed by atoms with Gasteiger partial charge in [-0.1, -0.05) is 37.5 Å². The van der Waals surface area contributed by atoms with E-state index in [1.54, 1.807) is 0 Å². The first-order chi connectivity index (χ1) is 9.40. The van der Waals surface area contributed by atoms with E-state index >= 15 is 0 Å². The molecular weight excluding hydrogens is 238 g/mol. The Bertz CT molecular complexity index is 336. The van der Waals surface area contributed by atoms with Crippen LogP contribution in [-0.4, -0.2) is 42.4 Å². The zero-order valence-corrected chi connectivity index (χ0v) is 11.6. The second-order valence-electron chi connectivity index (χ2n) is 5.21. The number of rotatable bonds is 7. The Morgan fingerprint density at radius 2 is 1.79 bits per heavy atom. The van der Waals surface area contributed by atoms with Crippen molar-refractivity contribution in [3.63, 3.8) is 0 Å². The van der Waals surface area contributed by atoms with Gasteiger partial charge in [0, 0.05) is 19.1 Å². The summed E-state index contributed by atoms with van der Waals surface area (Å²) >= 11 is 0. The van der Waals surface area contributed by atoms with Crippen LogP contribution in [0.1, 0.15) is 32.1 Å². The fourth-order valence-corrected chi connectivity index (χ4v) is 2.85. The third-order valence-corrected chi connectivity index (χ3v) is 3.87. The van der Waals surface area contributed by atoms with Gasteiger partial charge in [0.2, 0.25) is 0 Å². The summed E-state index contributed by atoms with van der Waals surface area (Å²) in [6.07, 6.45) is 6.55. The quantitative estimate of drug-likeness (QED) is 0.821. The monoisotopic (exact) mass is 263 g/mol. The maximum Gasteiger partial charge on any atom is 0.119 e. The highest BCUT2D eigenvalue weighted by atomic mass is 16.5. The minimum atomic E-state index is 0.238. The molecule has 0 atom stereocenters. The Balaban J connectivity index is 1.76. The number of benzene rings is 1. The highest BCUT2D eigenvalue weighted by Crippen LogP contribution is 2.22. The van der Waals surface area contributed by atoms with Crippen molar-refractivity contribution in [3.05, 3.63) is 30.3 Å². The van der Waals surface area contributed by atoms with Crippen molar-refractivity contribution in [2.75, 3.05) is 26.3 Å². The number of aliphatic hydroxyl groups excluding tert-OH is 1. The molecule has 19 heavy (non-hydrogen) atoms. The lowest BCUT2D eigenvalue weighted by Crippen LogP contribution is -2.41. The first-order valence-corrected chi connectivity index (χ1v) is 7.43. The highest BCUT2D eigenvalue weighted by Gasteiger charge is 2.20. The molecule has 0 saturated heterocycles. The van der Waals surface area contributed by atoms with Crippen LogP contribution in [0.5, 0.6) is 5.75 Å². The van der Waals surface area contributed by atoms with Gasteiger partial charge in [0.1, 0.15) is 12.4 Å². The molecule has 3 heteroatoms. The van der Waals surface area contributed by atoms with Crippen LogP contribution in [0.4, 0.5) is 0 Å². The number of ether oxygens (including phenoxy) is 1. The van der Waals surface area contributed by atoms with Crippen molar-refractivity contribution >= 4 is 0 Å². The molecular formula is C16H25NO2. The largest absolute Gasteiger partial charge is 0.492 e. The van der Waals surface area contributed by atoms with E-state index in [1.807, 2.05) is 30.3 Å². The van der Waals surface area contributed by atoms with E-state index in [1.165, 1.54) is 32.1 Å². The van der Waals surface area contributed by atoms with Gasteiger partial charge in [-0.2, -0.15) is 0 Å². The molecule has 0 aromatic heterocycles. The van der Waals surface area contributed by atoms with E-state index in [0.717, 1.165) is 18.8 Å². The lowest BCUT2D eigenvalue weighted by Gasteiger charge is -2.33. The van der Waals surface area contributed by atoms with Crippen LogP contribution in [-0.2, 0) is 0 Å².